The standard InChI is InChI=1S/C22H25F3N2O2.ClH/c1-29-19-5-4-12-27(20(19)28)11-3-2-10-26-14-18-13-21(18,15-26)16-6-8-17(9-7-16)22(23,24)25;/h4-9,12,18H,2-3,10-11,13-15H2,1H3;1H/t18-,21+;/m0./s1. The van der Waals surface area contributed by atoms with Crippen LogP contribution < -0.4 is 10.3 Å². The summed E-state index contributed by atoms with van der Waals surface area (Å²) in [5, 5.41) is 0. The first kappa shape index (κ1) is 22.7. The molecule has 1 saturated carbocycles. The van der Waals surface area contributed by atoms with E-state index in [-0.39, 0.29) is 23.4 Å². The molecule has 4 nitrogen and oxygen atoms in total. The van der Waals surface area contributed by atoms with Crippen LogP contribution in [0.15, 0.2) is 47.4 Å². The Bertz CT molecular complexity index is 929. The molecule has 2 aromatic rings. The third-order valence-electron chi connectivity index (χ3n) is 6.33. The molecular formula is C22H26ClF3N2O2. The normalized spacial score (nSPS) is 23.0. The third-order valence-corrected chi connectivity index (χ3v) is 6.33. The quantitative estimate of drug-likeness (QED) is 0.598. The Hall–Kier alpha value is -1.99. The zero-order valence-corrected chi connectivity index (χ0v) is 17.6. The van der Waals surface area contributed by atoms with Crippen molar-refractivity contribution in [3.8, 4) is 5.75 Å². The van der Waals surface area contributed by atoms with Gasteiger partial charge in [0.2, 0.25) is 0 Å². The van der Waals surface area contributed by atoms with Crippen LogP contribution in [0.25, 0.3) is 0 Å². The topological polar surface area (TPSA) is 34.5 Å². The predicted molar refractivity (Wildman–Crippen MR) is 111 cm³/mol. The van der Waals surface area contributed by atoms with Gasteiger partial charge in [-0.05, 0) is 61.6 Å². The number of unbranched alkanes of at least 4 members (excludes halogenated alkanes) is 1. The van der Waals surface area contributed by atoms with Gasteiger partial charge in [-0.25, -0.2) is 0 Å². The third kappa shape index (κ3) is 4.37. The summed E-state index contributed by atoms with van der Waals surface area (Å²) in [6.45, 7) is 3.50. The van der Waals surface area contributed by atoms with Crippen LogP contribution in [0.3, 0.4) is 0 Å². The van der Waals surface area contributed by atoms with Crippen molar-refractivity contribution in [3.63, 3.8) is 0 Å². The number of fused-ring (bicyclic) bond motifs is 1. The fraction of sp³-hybridized carbons (Fsp3) is 0.500. The van der Waals surface area contributed by atoms with E-state index < -0.39 is 11.7 Å². The molecule has 1 saturated heterocycles. The first-order valence-corrected chi connectivity index (χ1v) is 9.97. The lowest BCUT2D eigenvalue weighted by Crippen LogP contribution is -2.28. The predicted octanol–water partition coefficient (Wildman–Crippen LogP) is 4.35. The molecule has 0 unspecified atom stereocenters. The Morgan fingerprint density at radius 2 is 1.83 bits per heavy atom. The average molecular weight is 443 g/mol. The molecule has 2 atom stereocenters. The van der Waals surface area contributed by atoms with Gasteiger partial charge in [-0.1, -0.05) is 12.1 Å². The Kier molecular flexibility index (Phi) is 6.53. The number of rotatable bonds is 7. The second-order valence-corrected chi connectivity index (χ2v) is 8.15. The zero-order valence-electron chi connectivity index (χ0n) is 16.8. The molecule has 2 aliphatic rings. The van der Waals surface area contributed by atoms with E-state index in [2.05, 4.69) is 4.90 Å². The summed E-state index contributed by atoms with van der Waals surface area (Å²) >= 11 is 0. The maximum atomic E-state index is 12.8. The summed E-state index contributed by atoms with van der Waals surface area (Å²) in [6, 6.07) is 9.18. The molecule has 2 heterocycles. The van der Waals surface area contributed by atoms with E-state index in [4.69, 9.17) is 4.74 Å². The number of ether oxygens (including phenoxy) is 1. The number of nitrogens with zero attached hydrogens (tertiary/aromatic N) is 2. The highest BCUT2D eigenvalue weighted by Crippen LogP contribution is 2.59. The Morgan fingerprint density at radius 1 is 1.13 bits per heavy atom. The second kappa shape index (κ2) is 8.63. The number of aryl methyl sites for hydroxylation is 1. The highest BCUT2D eigenvalue weighted by molar-refractivity contribution is 5.85. The number of likely N-dealkylation sites (tertiary alicyclic amines) is 1. The number of benzene rings is 1. The molecular weight excluding hydrogens is 417 g/mol. The molecule has 30 heavy (non-hydrogen) atoms. The van der Waals surface area contributed by atoms with E-state index in [0.29, 0.717) is 18.2 Å². The van der Waals surface area contributed by atoms with Crippen molar-refractivity contribution in [2.75, 3.05) is 26.7 Å². The second-order valence-electron chi connectivity index (χ2n) is 8.15. The van der Waals surface area contributed by atoms with Gasteiger partial charge in [-0.3, -0.25) is 4.79 Å². The van der Waals surface area contributed by atoms with Crippen molar-refractivity contribution in [3.05, 3.63) is 64.1 Å². The van der Waals surface area contributed by atoms with E-state index in [1.54, 1.807) is 29.0 Å². The maximum absolute atomic E-state index is 12.8. The van der Waals surface area contributed by atoms with Crippen LogP contribution in [0.4, 0.5) is 13.2 Å². The molecule has 0 N–H and O–H groups in total. The minimum Gasteiger partial charge on any atom is -0.491 e. The van der Waals surface area contributed by atoms with Crippen molar-refractivity contribution in [2.45, 2.75) is 37.4 Å². The fourth-order valence-corrected chi connectivity index (χ4v) is 4.66. The number of hydrogen-bond acceptors (Lipinski definition) is 3. The summed E-state index contributed by atoms with van der Waals surface area (Å²) < 4.78 is 45.1. The van der Waals surface area contributed by atoms with Crippen molar-refractivity contribution < 1.29 is 17.9 Å². The van der Waals surface area contributed by atoms with E-state index in [1.165, 1.54) is 19.2 Å². The van der Waals surface area contributed by atoms with Crippen molar-refractivity contribution >= 4 is 12.4 Å². The minimum atomic E-state index is -4.29. The number of piperidine rings is 1. The highest BCUT2D eigenvalue weighted by atomic mass is 35.5. The van der Waals surface area contributed by atoms with E-state index in [1.807, 2.05) is 6.07 Å². The van der Waals surface area contributed by atoms with Crippen LogP contribution in [0, 0.1) is 5.92 Å². The lowest BCUT2D eigenvalue weighted by Gasteiger charge is -2.21. The van der Waals surface area contributed by atoms with E-state index >= 15 is 0 Å². The number of methoxy groups -OCH3 is 1. The number of halogens is 4. The van der Waals surface area contributed by atoms with Gasteiger partial charge in [0, 0.05) is 31.2 Å². The lowest BCUT2D eigenvalue weighted by atomic mass is 9.94. The van der Waals surface area contributed by atoms with Crippen LogP contribution in [0.1, 0.15) is 30.4 Å². The Balaban J connectivity index is 0.00000256. The van der Waals surface area contributed by atoms with Gasteiger partial charge in [0.25, 0.3) is 5.56 Å². The van der Waals surface area contributed by atoms with Gasteiger partial charge >= 0.3 is 6.18 Å². The minimum absolute atomic E-state index is 0. The lowest BCUT2D eigenvalue weighted by molar-refractivity contribution is -0.137. The van der Waals surface area contributed by atoms with Crippen molar-refractivity contribution in [1.29, 1.82) is 0 Å². The largest absolute Gasteiger partial charge is 0.491 e. The molecule has 0 radical (unpaired) electrons. The molecule has 164 valence electrons. The molecule has 1 aliphatic heterocycles. The van der Waals surface area contributed by atoms with Crippen LogP contribution in [0.5, 0.6) is 5.75 Å². The van der Waals surface area contributed by atoms with Gasteiger partial charge < -0.3 is 14.2 Å². The summed E-state index contributed by atoms with van der Waals surface area (Å²) in [6.07, 6.45) is 0.413. The first-order valence-electron chi connectivity index (χ1n) is 9.97. The molecule has 8 heteroatoms. The maximum Gasteiger partial charge on any atom is 0.416 e. The Labute approximate surface area is 180 Å². The molecule has 1 aliphatic carbocycles. The van der Waals surface area contributed by atoms with Crippen molar-refractivity contribution in [1.82, 2.24) is 9.47 Å². The number of pyridine rings is 1. The zero-order chi connectivity index (χ0) is 20.6. The van der Waals surface area contributed by atoms with Crippen LogP contribution in [-0.4, -0.2) is 36.2 Å². The summed E-state index contributed by atoms with van der Waals surface area (Å²) in [5.41, 5.74) is 0.366. The SMILES string of the molecule is COc1cccn(CCCCN2C[C@@H]3C[C@]3(c3ccc(C(F)(F)F)cc3)C2)c1=O.Cl. The van der Waals surface area contributed by atoms with Crippen LogP contribution in [0.2, 0.25) is 0 Å². The summed E-state index contributed by atoms with van der Waals surface area (Å²) in [5.74, 6) is 0.894. The summed E-state index contributed by atoms with van der Waals surface area (Å²) in [4.78, 5) is 14.5. The van der Waals surface area contributed by atoms with Gasteiger partial charge in [-0.2, -0.15) is 13.2 Å². The molecule has 0 bridgehead atoms. The molecule has 0 spiro atoms. The molecule has 1 aromatic carbocycles. The smallest absolute Gasteiger partial charge is 0.416 e. The van der Waals surface area contributed by atoms with Gasteiger partial charge in [-0.15, -0.1) is 12.4 Å². The van der Waals surface area contributed by atoms with Gasteiger partial charge in [0.15, 0.2) is 5.75 Å². The summed E-state index contributed by atoms with van der Waals surface area (Å²) in [7, 11) is 1.49. The van der Waals surface area contributed by atoms with Gasteiger partial charge in [0.1, 0.15) is 0 Å². The number of hydrogen-bond donors (Lipinski definition) is 0. The Morgan fingerprint density at radius 3 is 2.50 bits per heavy atom. The molecule has 1 aromatic heterocycles. The van der Waals surface area contributed by atoms with Crippen LogP contribution in [-0.2, 0) is 18.1 Å². The number of alkyl halides is 3. The van der Waals surface area contributed by atoms with Crippen LogP contribution >= 0.6 is 12.4 Å². The highest BCUT2D eigenvalue weighted by Gasteiger charge is 2.60. The average Bonchev–Trinajstić information content (AvgIpc) is 3.27. The fourth-order valence-electron chi connectivity index (χ4n) is 4.66. The molecule has 2 fully saturated rings. The first-order chi connectivity index (χ1) is 13.8. The van der Waals surface area contributed by atoms with E-state index in [9.17, 15) is 18.0 Å². The van der Waals surface area contributed by atoms with E-state index in [0.717, 1.165) is 44.5 Å². The van der Waals surface area contributed by atoms with Gasteiger partial charge in [0.05, 0.1) is 12.7 Å². The monoisotopic (exact) mass is 442 g/mol. The van der Waals surface area contributed by atoms with Crippen molar-refractivity contribution in [2.24, 2.45) is 5.92 Å². The number of aromatic nitrogens is 1. The molecule has 4 rings (SSSR count). The molecule has 0 amide bonds.